The molecular weight excluding hydrogens is 562 g/mol. The summed E-state index contributed by atoms with van der Waals surface area (Å²) >= 11 is 12.3. The number of benzene rings is 1. The van der Waals surface area contributed by atoms with Crippen LogP contribution >= 0.6 is 23.8 Å². The molecule has 1 aromatic carbocycles. The van der Waals surface area contributed by atoms with Crippen LogP contribution in [0.2, 0.25) is 5.02 Å². The molecule has 6 heteroatoms. The largest absolute Gasteiger partial charge is 0.456 e. The van der Waals surface area contributed by atoms with Crippen LogP contribution in [0.4, 0.5) is 0 Å². The maximum absolute atomic E-state index is 11.9. The van der Waals surface area contributed by atoms with Gasteiger partial charge in [-0.15, -0.1) is 0 Å². The molecule has 0 spiro atoms. The summed E-state index contributed by atoms with van der Waals surface area (Å²) in [4.78, 5) is 3.20. The van der Waals surface area contributed by atoms with Gasteiger partial charge in [-0.05, 0) is 135 Å². The zero-order valence-corrected chi connectivity index (χ0v) is 26.6. The second-order valence-corrected chi connectivity index (χ2v) is 14.8. The molecule has 3 heterocycles. The summed E-state index contributed by atoms with van der Waals surface area (Å²) in [5, 5.41) is 12.7. The van der Waals surface area contributed by atoms with Crippen LogP contribution in [0.15, 0.2) is 40.3 Å². The van der Waals surface area contributed by atoms with Gasteiger partial charge in [0.05, 0.1) is 4.99 Å². The molecule has 1 aromatic heterocycles. The summed E-state index contributed by atoms with van der Waals surface area (Å²) < 4.78 is 12.3. The first-order valence-corrected chi connectivity index (χ1v) is 17.4. The number of aliphatic hydroxyl groups is 1. The standard InChI is InChI=1S/C36H46ClNO3S/c1-22-31(35(39)38(36(22)42)34-27-9-3-7-25-17-29(34)19-28(25)18-27)21-33-26(8-2-5-23-6-4-15-40-16-14-23)20-32(41-33)24-10-12-30(37)13-11-24/h10-13,20-23,25,27-29,34-35,39H,2-9,14-19H2,1H3. The fourth-order valence-corrected chi connectivity index (χ4v) is 9.85. The number of nitrogens with zero attached hydrogens (tertiary/aromatic N) is 1. The van der Waals surface area contributed by atoms with Crippen molar-refractivity contribution in [2.24, 2.45) is 35.5 Å². The minimum absolute atomic E-state index is 0.0245. The third kappa shape index (κ3) is 5.64. The van der Waals surface area contributed by atoms with Crippen LogP contribution in [0.25, 0.3) is 17.4 Å². The number of rotatable bonds is 7. The molecule has 5 aliphatic rings. The van der Waals surface area contributed by atoms with E-state index in [2.05, 4.69) is 24.0 Å². The minimum Gasteiger partial charge on any atom is -0.456 e. The Bertz CT molecular complexity index is 1300. The summed E-state index contributed by atoms with van der Waals surface area (Å²) in [6.07, 6.45) is 16.4. The molecule has 226 valence electrons. The maximum atomic E-state index is 11.9. The van der Waals surface area contributed by atoms with Gasteiger partial charge in [0.2, 0.25) is 0 Å². The molecule has 2 aliphatic heterocycles. The van der Waals surface area contributed by atoms with Gasteiger partial charge in [0.15, 0.2) is 6.23 Å². The highest BCUT2D eigenvalue weighted by atomic mass is 35.5. The van der Waals surface area contributed by atoms with Gasteiger partial charge < -0.3 is 19.2 Å². The van der Waals surface area contributed by atoms with E-state index in [0.717, 1.165) is 76.5 Å². The van der Waals surface area contributed by atoms with Crippen LogP contribution in [-0.4, -0.2) is 40.5 Å². The molecule has 8 unspecified atom stereocenters. The van der Waals surface area contributed by atoms with Crippen molar-refractivity contribution in [1.29, 1.82) is 0 Å². The van der Waals surface area contributed by atoms with Crippen molar-refractivity contribution < 1.29 is 14.3 Å². The number of fused-ring (bicyclic) bond motifs is 2. The lowest BCUT2D eigenvalue weighted by atomic mass is 9.75. The predicted octanol–water partition coefficient (Wildman–Crippen LogP) is 8.94. The van der Waals surface area contributed by atoms with Gasteiger partial charge in [-0.3, -0.25) is 0 Å². The van der Waals surface area contributed by atoms with Crippen molar-refractivity contribution >= 4 is 34.9 Å². The fraction of sp³-hybridized carbons (Fsp3) is 0.639. The first kappa shape index (κ1) is 29.1. The number of furan rings is 1. The molecule has 1 N–H and O–H groups in total. The Balaban J connectivity index is 1.16. The number of halogens is 1. The van der Waals surface area contributed by atoms with Crippen LogP contribution < -0.4 is 0 Å². The maximum Gasteiger partial charge on any atom is 0.150 e. The number of likely N-dealkylation sites (tertiary alicyclic amines) is 1. The molecule has 8 atom stereocenters. The molecule has 2 aromatic rings. The van der Waals surface area contributed by atoms with Gasteiger partial charge in [-0.25, -0.2) is 0 Å². The van der Waals surface area contributed by atoms with Crippen LogP contribution in [0.5, 0.6) is 0 Å². The van der Waals surface area contributed by atoms with Crippen LogP contribution in [-0.2, 0) is 11.2 Å². The molecule has 0 radical (unpaired) electrons. The average Bonchev–Trinajstić information content (AvgIpc) is 3.43. The Morgan fingerprint density at radius 1 is 0.976 bits per heavy atom. The summed E-state index contributed by atoms with van der Waals surface area (Å²) in [6, 6.07) is 10.5. The van der Waals surface area contributed by atoms with E-state index in [-0.39, 0.29) is 5.92 Å². The number of hydrogen-bond donors (Lipinski definition) is 1. The van der Waals surface area contributed by atoms with E-state index < -0.39 is 6.23 Å². The van der Waals surface area contributed by atoms with E-state index in [9.17, 15) is 5.11 Å². The Labute approximate surface area is 261 Å². The zero-order valence-electron chi connectivity index (χ0n) is 25.0. The highest BCUT2D eigenvalue weighted by Crippen LogP contribution is 2.56. The molecular formula is C36H46ClNO3S. The lowest BCUT2D eigenvalue weighted by molar-refractivity contribution is 0.0107. The van der Waals surface area contributed by atoms with Gasteiger partial charge in [-0.2, -0.15) is 0 Å². The number of aliphatic hydroxyl groups excluding tert-OH is 1. The Kier molecular flexibility index (Phi) is 8.57. The molecule has 2 saturated heterocycles. The monoisotopic (exact) mass is 607 g/mol. The van der Waals surface area contributed by atoms with Crippen molar-refractivity contribution in [3.63, 3.8) is 0 Å². The normalized spacial score (nSPS) is 35.6. The molecule has 7 rings (SSSR count). The van der Waals surface area contributed by atoms with E-state index >= 15 is 0 Å². The third-order valence-corrected chi connectivity index (χ3v) is 12.3. The van der Waals surface area contributed by atoms with E-state index in [1.54, 1.807) is 0 Å². The Hall–Kier alpha value is -1.66. The van der Waals surface area contributed by atoms with Gasteiger partial charge >= 0.3 is 0 Å². The van der Waals surface area contributed by atoms with Gasteiger partial charge in [0.25, 0.3) is 0 Å². The molecule has 0 amide bonds. The van der Waals surface area contributed by atoms with Crippen molar-refractivity contribution in [2.45, 2.75) is 96.2 Å². The molecule has 3 bridgehead atoms. The molecule has 5 fully saturated rings. The highest BCUT2D eigenvalue weighted by Gasteiger charge is 2.53. The van der Waals surface area contributed by atoms with Crippen LogP contribution in [0, 0.1) is 35.5 Å². The van der Waals surface area contributed by atoms with E-state index in [0.29, 0.717) is 17.9 Å². The van der Waals surface area contributed by atoms with Crippen molar-refractivity contribution in [3.05, 3.63) is 52.3 Å². The second-order valence-electron chi connectivity index (χ2n) is 14.0. The molecule has 4 nitrogen and oxygen atoms in total. The van der Waals surface area contributed by atoms with Crippen molar-refractivity contribution in [1.82, 2.24) is 4.90 Å². The smallest absolute Gasteiger partial charge is 0.150 e. The van der Waals surface area contributed by atoms with Crippen LogP contribution in [0.1, 0.15) is 88.9 Å². The summed E-state index contributed by atoms with van der Waals surface area (Å²) in [7, 11) is 0. The molecule has 42 heavy (non-hydrogen) atoms. The van der Waals surface area contributed by atoms with Crippen molar-refractivity contribution in [3.8, 4) is 11.3 Å². The first-order chi connectivity index (χ1) is 20.5. The van der Waals surface area contributed by atoms with Gasteiger partial charge in [0, 0.05) is 35.8 Å². The molecule has 3 aliphatic carbocycles. The third-order valence-electron chi connectivity index (χ3n) is 11.5. The van der Waals surface area contributed by atoms with E-state index in [1.807, 2.05) is 24.3 Å². The predicted molar refractivity (Wildman–Crippen MR) is 173 cm³/mol. The van der Waals surface area contributed by atoms with E-state index in [4.69, 9.17) is 33.0 Å². The number of ether oxygens (including phenoxy) is 1. The average molecular weight is 608 g/mol. The highest BCUT2D eigenvalue weighted by molar-refractivity contribution is 7.80. The van der Waals surface area contributed by atoms with Crippen LogP contribution in [0.3, 0.4) is 0 Å². The summed E-state index contributed by atoms with van der Waals surface area (Å²) in [5.41, 5.74) is 3.23. The lowest BCUT2D eigenvalue weighted by Crippen LogP contribution is -2.51. The zero-order chi connectivity index (χ0) is 28.8. The first-order valence-electron chi connectivity index (χ1n) is 16.6. The minimum atomic E-state index is -0.669. The number of thiocarbonyl (C=S) groups is 1. The second kappa shape index (κ2) is 12.4. The van der Waals surface area contributed by atoms with Crippen molar-refractivity contribution in [2.75, 3.05) is 13.2 Å². The Morgan fingerprint density at radius 3 is 2.62 bits per heavy atom. The Morgan fingerprint density at radius 2 is 1.76 bits per heavy atom. The van der Waals surface area contributed by atoms with Gasteiger partial charge in [-0.1, -0.05) is 50.0 Å². The molecule has 3 saturated carbocycles. The van der Waals surface area contributed by atoms with E-state index in [1.165, 1.54) is 69.8 Å². The van der Waals surface area contributed by atoms with Gasteiger partial charge in [0.1, 0.15) is 11.5 Å². The lowest BCUT2D eigenvalue weighted by Gasteiger charge is -2.44. The number of aryl methyl sites for hydroxylation is 1. The summed E-state index contributed by atoms with van der Waals surface area (Å²) in [5.74, 6) is 5.62. The summed E-state index contributed by atoms with van der Waals surface area (Å²) in [6.45, 7) is 3.98. The quantitative estimate of drug-likeness (QED) is 0.318. The number of hydrogen-bond acceptors (Lipinski definition) is 4. The topological polar surface area (TPSA) is 45.8 Å². The fourth-order valence-electron chi connectivity index (χ4n) is 9.37. The SMILES string of the molecule is CC1C(=S)N(C2C3CCCC4CC2CC4C3)C(O)C1=Cc1oc(-c2ccc(Cl)cc2)cc1CCCC1CCCOCC1.